The van der Waals surface area contributed by atoms with Crippen molar-refractivity contribution in [3.63, 3.8) is 0 Å². The molecule has 2 aromatic carbocycles. The maximum absolute atomic E-state index is 11.1. The third kappa shape index (κ3) is 2.79. The van der Waals surface area contributed by atoms with Crippen molar-refractivity contribution >= 4 is 17.3 Å². The zero-order valence-corrected chi connectivity index (χ0v) is 9.27. The summed E-state index contributed by atoms with van der Waals surface area (Å²) in [5.41, 5.74) is 0.0489. The number of phenolic OH excluding ortho intramolecular Hbond substituents is 1. The van der Waals surface area contributed by atoms with E-state index in [1.165, 1.54) is 24.3 Å². The quantitative estimate of drug-likeness (QED) is 0.873. The van der Waals surface area contributed by atoms with Gasteiger partial charge in [-0.3, -0.25) is 4.79 Å². The predicted molar refractivity (Wildman–Crippen MR) is 69.2 cm³/mol. The first-order valence-electron chi connectivity index (χ1n) is 7.59. The van der Waals surface area contributed by atoms with E-state index in [0.29, 0.717) is 0 Å². The van der Waals surface area contributed by atoms with E-state index in [9.17, 15) is 9.90 Å². The molecule has 0 heterocycles. The number of carboxylic acid groups (broad SMARTS) is 1. The summed E-state index contributed by atoms with van der Waals surface area (Å²) in [6.45, 7) is -0.598. The molecule has 0 atom stereocenters. The van der Waals surface area contributed by atoms with E-state index in [4.69, 9.17) is 12.0 Å². The number of rotatable bonds is 4. The molecule has 2 N–H and O–H groups in total. The zero-order chi connectivity index (χ0) is 17.3. The highest BCUT2D eigenvalue weighted by Crippen LogP contribution is 2.26. The number of hydrogen-bond donors (Lipinski definition) is 2. The molecule has 4 nitrogen and oxygen atoms in total. The number of nitrogens with zero attached hydrogens (tertiary/aromatic N) is 1. The molecule has 0 spiro atoms. The third-order valence-corrected chi connectivity index (χ3v) is 2.21. The van der Waals surface area contributed by atoms with Gasteiger partial charge in [-0.1, -0.05) is 18.1 Å². The van der Waals surface area contributed by atoms with Crippen LogP contribution in [0.1, 0.15) is 6.85 Å². The number of anilines is 2. The van der Waals surface area contributed by atoms with Crippen molar-refractivity contribution in [3.8, 4) is 5.75 Å². The number of para-hydroxylation sites is 1. The van der Waals surface area contributed by atoms with Crippen molar-refractivity contribution in [2.75, 3.05) is 11.4 Å². The van der Waals surface area contributed by atoms with Crippen molar-refractivity contribution in [1.29, 1.82) is 0 Å². The highest BCUT2D eigenvalue weighted by atomic mass is 16.4. The van der Waals surface area contributed by atoms with Gasteiger partial charge in [0.1, 0.15) is 12.3 Å². The number of phenols is 1. The van der Waals surface area contributed by atoms with E-state index in [1.54, 1.807) is 0 Å². The molecule has 0 amide bonds. The molecule has 0 saturated heterocycles. The average Bonchev–Trinajstić information content (AvgIpc) is 2.51. The summed E-state index contributed by atoms with van der Waals surface area (Å²) in [5, 5.41) is 18.4. The fraction of sp³-hybridized carbons (Fsp3) is 0.0714. The highest BCUT2D eigenvalue weighted by Gasteiger charge is 2.12. The Bertz CT molecular complexity index is 735. The Morgan fingerprint density at radius 3 is 2.28 bits per heavy atom. The van der Waals surface area contributed by atoms with E-state index >= 15 is 0 Å². The van der Waals surface area contributed by atoms with Crippen LogP contribution in [0.2, 0.25) is 0 Å². The van der Waals surface area contributed by atoms with Gasteiger partial charge in [-0.15, -0.1) is 0 Å². The zero-order valence-electron chi connectivity index (χ0n) is 14.3. The second-order valence-corrected chi connectivity index (χ2v) is 3.47. The lowest BCUT2D eigenvalue weighted by Crippen LogP contribution is -2.24. The van der Waals surface area contributed by atoms with Crippen LogP contribution in [0.5, 0.6) is 5.75 Å². The minimum absolute atomic E-state index is 0.0370. The molecule has 18 heavy (non-hydrogen) atoms. The number of carboxylic acids is 1. The molecule has 2 rings (SSSR count). The van der Waals surface area contributed by atoms with Crippen molar-refractivity contribution in [2.24, 2.45) is 0 Å². The van der Waals surface area contributed by atoms with Gasteiger partial charge >= 0.3 is 5.97 Å². The third-order valence-electron chi connectivity index (χ3n) is 2.21. The molecule has 0 aromatic heterocycles. The first-order valence-corrected chi connectivity index (χ1v) is 5.09. The minimum atomic E-state index is -1.23. The summed E-state index contributed by atoms with van der Waals surface area (Å²) in [4.78, 5) is 12.2. The number of benzene rings is 2. The summed E-state index contributed by atoms with van der Waals surface area (Å²) >= 11 is 0. The van der Waals surface area contributed by atoms with Gasteiger partial charge in [0.2, 0.25) is 0 Å². The van der Waals surface area contributed by atoms with Gasteiger partial charge in [0.15, 0.2) is 0 Å². The van der Waals surface area contributed by atoms with Crippen LogP contribution in [0, 0.1) is 0 Å². The molecular weight excluding hydrogens is 230 g/mol. The molecular formula is C14H13NO3. The Hall–Kier alpha value is -2.49. The standard InChI is InChI=1S/C14H13NO3/c16-13-8-6-12(7-9-13)15(10-14(17)18)11-4-2-1-3-5-11/h1-9,16H,10H2,(H,17,18)/i1D,2D,3D,4D,5D. The SMILES string of the molecule is [2H]c1c([2H])c([2H])c(N(CC(=O)O)c2ccc(O)cc2)c([2H])c1[2H]. The first kappa shape index (κ1) is 7.06. The number of hydrogen-bond acceptors (Lipinski definition) is 3. The second kappa shape index (κ2) is 5.23. The van der Waals surface area contributed by atoms with Gasteiger partial charge < -0.3 is 15.1 Å². The Kier molecular flexibility index (Phi) is 2.05. The molecule has 0 aliphatic carbocycles. The van der Waals surface area contributed by atoms with E-state index in [1.807, 2.05) is 0 Å². The average molecular weight is 248 g/mol. The van der Waals surface area contributed by atoms with Crippen LogP contribution in [0.15, 0.2) is 54.5 Å². The lowest BCUT2D eigenvalue weighted by atomic mass is 10.2. The van der Waals surface area contributed by atoms with E-state index in [2.05, 4.69) is 0 Å². The molecule has 2 aromatic rings. The lowest BCUT2D eigenvalue weighted by Gasteiger charge is -2.22. The van der Waals surface area contributed by atoms with Gasteiger partial charge in [0.05, 0.1) is 6.85 Å². The maximum Gasteiger partial charge on any atom is 0.323 e. The number of aromatic hydroxyl groups is 1. The van der Waals surface area contributed by atoms with Gasteiger partial charge in [-0.25, -0.2) is 0 Å². The van der Waals surface area contributed by atoms with E-state index < -0.39 is 42.7 Å². The normalized spacial score (nSPS) is 13.9. The number of carbonyl (C=O) groups is 1. The Labute approximate surface area is 112 Å². The van der Waals surface area contributed by atoms with Crippen LogP contribution in [0.4, 0.5) is 11.4 Å². The summed E-state index contributed by atoms with van der Waals surface area (Å²) in [5.74, 6) is -1.27. The lowest BCUT2D eigenvalue weighted by molar-refractivity contribution is -0.135. The Morgan fingerprint density at radius 2 is 1.72 bits per heavy atom. The van der Waals surface area contributed by atoms with Crippen molar-refractivity contribution in [3.05, 3.63) is 54.5 Å². The van der Waals surface area contributed by atoms with Crippen LogP contribution < -0.4 is 4.90 Å². The molecule has 0 aliphatic rings. The second-order valence-electron chi connectivity index (χ2n) is 3.47. The van der Waals surface area contributed by atoms with Gasteiger partial charge in [-0.2, -0.15) is 0 Å². The molecule has 0 bridgehead atoms. The van der Waals surface area contributed by atoms with Crippen LogP contribution >= 0.6 is 0 Å². The first-order chi connectivity index (χ1) is 10.7. The summed E-state index contributed by atoms with van der Waals surface area (Å²) in [6, 6.07) is 2.81. The molecule has 0 fully saturated rings. The predicted octanol–water partition coefficient (Wildman–Crippen LogP) is 2.61. The van der Waals surface area contributed by atoms with Crippen molar-refractivity contribution < 1.29 is 21.9 Å². The fourth-order valence-electron chi connectivity index (χ4n) is 1.45. The van der Waals surface area contributed by atoms with Crippen molar-refractivity contribution in [1.82, 2.24) is 0 Å². The highest BCUT2D eigenvalue weighted by molar-refractivity contribution is 5.78. The maximum atomic E-state index is 11.1. The van der Waals surface area contributed by atoms with E-state index in [0.717, 1.165) is 4.90 Å². The smallest absolute Gasteiger partial charge is 0.323 e. The fourth-order valence-corrected chi connectivity index (χ4v) is 1.45. The Morgan fingerprint density at radius 1 is 1.11 bits per heavy atom. The minimum Gasteiger partial charge on any atom is -0.508 e. The van der Waals surface area contributed by atoms with Crippen LogP contribution in [-0.2, 0) is 4.79 Å². The number of aliphatic carboxylic acids is 1. The molecule has 0 saturated carbocycles. The van der Waals surface area contributed by atoms with Gasteiger partial charge in [-0.05, 0) is 36.4 Å². The Balaban J connectivity index is 2.70. The monoisotopic (exact) mass is 248 g/mol. The summed E-state index contributed by atoms with van der Waals surface area (Å²) in [7, 11) is 0. The van der Waals surface area contributed by atoms with Crippen molar-refractivity contribution in [2.45, 2.75) is 0 Å². The molecule has 92 valence electrons. The molecule has 0 unspecified atom stereocenters. The molecule has 0 aliphatic heterocycles. The van der Waals surface area contributed by atoms with E-state index in [-0.39, 0.29) is 17.1 Å². The molecule has 0 radical (unpaired) electrons. The largest absolute Gasteiger partial charge is 0.508 e. The summed E-state index contributed by atoms with van der Waals surface area (Å²) < 4.78 is 38.8. The summed E-state index contributed by atoms with van der Waals surface area (Å²) in [6.07, 6.45) is 0. The molecule has 4 heteroatoms. The van der Waals surface area contributed by atoms with Gasteiger partial charge in [0, 0.05) is 11.4 Å². The van der Waals surface area contributed by atoms with Crippen LogP contribution in [0.25, 0.3) is 0 Å². The topological polar surface area (TPSA) is 60.8 Å². The van der Waals surface area contributed by atoms with Crippen LogP contribution in [-0.4, -0.2) is 22.7 Å². The van der Waals surface area contributed by atoms with Crippen LogP contribution in [0.3, 0.4) is 0 Å². The van der Waals surface area contributed by atoms with Gasteiger partial charge in [0.25, 0.3) is 0 Å².